The van der Waals surface area contributed by atoms with E-state index in [4.69, 9.17) is 0 Å². The van der Waals surface area contributed by atoms with Crippen molar-refractivity contribution in [3.05, 3.63) is 21.3 Å². The van der Waals surface area contributed by atoms with E-state index in [1.54, 1.807) is 0 Å². The molecule has 0 saturated heterocycles. The van der Waals surface area contributed by atoms with E-state index in [1.165, 1.54) is 0 Å². The molecule has 0 aliphatic heterocycles. The van der Waals surface area contributed by atoms with Crippen LogP contribution in [0.3, 0.4) is 0 Å². The van der Waals surface area contributed by atoms with Gasteiger partial charge in [-0.15, -0.1) is 36.0 Å². The van der Waals surface area contributed by atoms with E-state index >= 15 is 0 Å². The summed E-state index contributed by atoms with van der Waals surface area (Å²) in [5.74, 6) is 0. The summed E-state index contributed by atoms with van der Waals surface area (Å²) in [4.78, 5) is 0. The Morgan fingerprint density at radius 3 is 0.600 bits per heavy atom. The quantitative estimate of drug-likeness (QED) is 0.444. The Kier molecular flexibility index (Phi) is 13.5. The van der Waals surface area contributed by atoms with Crippen molar-refractivity contribution in [2.24, 2.45) is 0 Å². The van der Waals surface area contributed by atoms with Crippen molar-refractivity contribution in [3.63, 3.8) is 0 Å². The number of hydrogen-bond donors (Lipinski definition) is 0. The Labute approximate surface area is 169 Å². The summed E-state index contributed by atoms with van der Waals surface area (Å²) >= 11 is 0. The molecule has 0 aromatic carbocycles. The SMILES string of the molecule is CC([N-]C(C)(C)C)[N-]C(C)(C)C.CC([N-]C(C)(C)C)[N-]C(C)(C)C.[Ni+2]. The maximum Gasteiger partial charge on any atom is 2.00 e. The molecule has 0 heterocycles. The van der Waals surface area contributed by atoms with Crippen molar-refractivity contribution in [3.8, 4) is 0 Å². The summed E-state index contributed by atoms with van der Waals surface area (Å²) in [5, 5.41) is 18.1. The van der Waals surface area contributed by atoms with Crippen LogP contribution < -0.4 is 0 Å². The van der Waals surface area contributed by atoms with E-state index in [2.05, 4.69) is 104 Å². The molecule has 5 heteroatoms. The number of hydrogen-bond acceptors (Lipinski definition) is 0. The molecule has 0 N–H and O–H groups in total. The van der Waals surface area contributed by atoms with Crippen LogP contribution in [0.2, 0.25) is 0 Å². The fourth-order valence-electron chi connectivity index (χ4n) is 2.30. The molecule has 0 rings (SSSR count). The van der Waals surface area contributed by atoms with E-state index in [9.17, 15) is 0 Å². The largest absolute Gasteiger partial charge is 2.00 e. The first-order chi connectivity index (χ1) is 10.2. The monoisotopic (exact) mass is 398 g/mol. The van der Waals surface area contributed by atoms with Crippen molar-refractivity contribution in [1.82, 2.24) is 0 Å². The third-order valence-corrected chi connectivity index (χ3v) is 2.30. The summed E-state index contributed by atoms with van der Waals surface area (Å²) in [5.41, 5.74) is 0.0880. The van der Waals surface area contributed by atoms with Gasteiger partial charge in [0.2, 0.25) is 0 Å². The van der Waals surface area contributed by atoms with Crippen molar-refractivity contribution in [1.29, 1.82) is 0 Å². The molecule has 0 aromatic rings. The molecule has 0 aliphatic rings. The molecule has 0 spiro atoms. The van der Waals surface area contributed by atoms with Crippen LogP contribution in [0.4, 0.5) is 0 Å². The molecule has 0 aromatic heterocycles. The first-order valence-corrected chi connectivity index (χ1v) is 9.08. The van der Waals surface area contributed by atoms with Gasteiger partial charge in [-0.2, -0.15) is 0 Å². The smallest absolute Gasteiger partial charge is 0.673 e. The van der Waals surface area contributed by atoms with Gasteiger partial charge in [0.25, 0.3) is 0 Å². The second-order valence-corrected chi connectivity index (χ2v) is 10.5. The topological polar surface area (TPSA) is 56.4 Å². The van der Waals surface area contributed by atoms with Gasteiger partial charge in [0.15, 0.2) is 0 Å². The van der Waals surface area contributed by atoms with Crippen LogP contribution in [0.25, 0.3) is 21.3 Å². The standard InChI is InChI=1S/2C10H22N2.Ni/c2*1-8(11-9(2,3)4)12-10(5,6)7;/h2*8H,1-7H3;/q2*-2;+2. The molecule has 0 amide bonds. The van der Waals surface area contributed by atoms with Crippen LogP contribution in [-0.2, 0) is 16.5 Å². The number of rotatable bonds is 4. The first-order valence-electron chi connectivity index (χ1n) is 9.08. The van der Waals surface area contributed by atoms with Crippen LogP contribution in [0, 0.1) is 0 Å². The van der Waals surface area contributed by atoms with Crippen molar-refractivity contribution in [2.45, 2.75) is 131 Å². The van der Waals surface area contributed by atoms with Crippen molar-refractivity contribution < 1.29 is 16.5 Å². The maximum absolute atomic E-state index is 4.53. The summed E-state index contributed by atoms with van der Waals surface area (Å²) < 4.78 is 0. The van der Waals surface area contributed by atoms with Gasteiger partial charge in [-0.1, -0.05) is 83.1 Å². The fraction of sp³-hybridized carbons (Fsp3) is 1.00. The molecule has 0 atom stereocenters. The van der Waals surface area contributed by atoms with Gasteiger partial charge >= 0.3 is 16.5 Å². The molecule has 0 aliphatic carbocycles. The van der Waals surface area contributed by atoms with E-state index in [0.717, 1.165) is 0 Å². The van der Waals surface area contributed by atoms with Gasteiger partial charge in [0.05, 0.1) is 0 Å². The molecule has 0 saturated carbocycles. The zero-order valence-corrected chi connectivity index (χ0v) is 20.2. The Balaban J connectivity index is -0.000000372. The molecular formula is C20H44N4Ni-2. The third kappa shape index (κ3) is 29.4. The van der Waals surface area contributed by atoms with Gasteiger partial charge in [-0.3, -0.25) is 0 Å². The summed E-state index contributed by atoms with van der Waals surface area (Å²) in [7, 11) is 0. The van der Waals surface area contributed by atoms with Crippen molar-refractivity contribution in [2.75, 3.05) is 0 Å². The Bertz CT molecular complexity index is 264. The molecule has 0 fully saturated rings. The predicted molar refractivity (Wildman–Crippen MR) is 111 cm³/mol. The van der Waals surface area contributed by atoms with E-state index in [-0.39, 0.29) is 51.0 Å². The fourth-order valence-corrected chi connectivity index (χ4v) is 2.30. The second kappa shape index (κ2) is 11.2. The average molecular weight is 399 g/mol. The van der Waals surface area contributed by atoms with Crippen LogP contribution >= 0.6 is 0 Å². The predicted octanol–water partition coefficient (Wildman–Crippen LogP) is 7.35. The van der Waals surface area contributed by atoms with Crippen molar-refractivity contribution >= 4 is 0 Å². The van der Waals surface area contributed by atoms with E-state index in [1.807, 2.05) is 13.8 Å². The molecular weight excluding hydrogens is 355 g/mol. The molecule has 0 radical (unpaired) electrons. The van der Waals surface area contributed by atoms with Gasteiger partial charge in [-0.05, 0) is 0 Å². The molecule has 25 heavy (non-hydrogen) atoms. The maximum atomic E-state index is 4.53. The van der Waals surface area contributed by atoms with E-state index in [0.29, 0.717) is 0 Å². The van der Waals surface area contributed by atoms with Crippen LogP contribution in [0.1, 0.15) is 96.9 Å². The minimum atomic E-state index is 0. The second-order valence-electron chi connectivity index (χ2n) is 10.5. The van der Waals surface area contributed by atoms with Gasteiger partial charge in [0.1, 0.15) is 0 Å². The van der Waals surface area contributed by atoms with Gasteiger partial charge in [0, 0.05) is 0 Å². The molecule has 0 bridgehead atoms. The first kappa shape index (κ1) is 30.1. The zero-order chi connectivity index (χ0) is 20.0. The molecule has 4 nitrogen and oxygen atoms in total. The van der Waals surface area contributed by atoms with Gasteiger partial charge in [-0.25, -0.2) is 12.3 Å². The minimum Gasteiger partial charge on any atom is -0.673 e. The Morgan fingerprint density at radius 2 is 0.520 bits per heavy atom. The third-order valence-electron chi connectivity index (χ3n) is 2.30. The molecule has 156 valence electrons. The zero-order valence-electron chi connectivity index (χ0n) is 19.3. The summed E-state index contributed by atoms with van der Waals surface area (Å²) in [6, 6.07) is 0. The normalized spacial score (nSPS) is 13.4. The summed E-state index contributed by atoms with van der Waals surface area (Å²) in [6.45, 7) is 29.3. The van der Waals surface area contributed by atoms with Gasteiger partial charge < -0.3 is 21.3 Å². The summed E-state index contributed by atoms with van der Waals surface area (Å²) in [6.07, 6.45) is 0.204. The average Bonchev–Trinajstić information content (AvgIpc) is 2.02. The van der Waals surface area contributed by atoms with E-state index < -0.39 is 0 Å². The number of nitrogens with zero attached hydrogens (tertiary/aromatic N) is 4. The van der Waals surface area contributed by atoms with Crippen LogP contribution in [0.15, 0.2) is 0 Å². The van der Waals surface area contributed by atoms with Crippen LogP contribution in [-0.4, -0.2) is 34.5 Å². The van der Waals surface area contributed by atoms with Crippen LogP contribution in [0.5, 0.6) is 0 Å². The Hall–Kier alpha value is 0.334. The minimum absolute atomic E-state index is 0. The molecule has 0 unspecified atom stereocenters. The Morgan fingerprint density at radius 1 is 0.400 bits per heavy atom.